The van der Waals surface area contributed by atoms with Gasteiger partial charge in [0.15, 0.2) is 0 Å². The summed E-state index contributed by atoms with van der Waals surface area (Å²) in [5, 5.41) is 23.3. The summed E-state index contributed by atoms with van der Waals surface area (Å²) in [5.41, 5.74) is 0. The highest BCUT2D eigenvalue weighted by Gasteiger charge is 2.44. The predicted octanol–water partition coefficient (Wildman–Crippen LogP) is 0.431. The molecule has 3 rings (SSSR count). The molecule has 1 saturated carbocycles. The second-order valence-corrected chi connectivity index (χ2v) is 8.19. The van der Waals surface area contributed by atoms with Crippen LogP contribution in [-0.4, -0.2) is 71.0 Å². The van der Waals surface area contributed by atoms with Gasteiger partial charge < -0.3 is 25.2 Å². The van der Waals surface area contributed by atoms with Crippen LogP contribution in [0.1, 0.15) is 51.9 Å². The van der Waals surface area contributed by atoms with Gasteiger partial charge in [-0.1, -0.05) is 19.8 Å². The lowest BCUT2D eigenvalue weighted by atomic mass is 9.98. The molecule has 2 amide bonds. The second kappa shape index (κ2) is 8.67. The van der Waals surface area contributed by atoms with Crippen molar-refractivity contribution in [2.45, 2.75) is 76.3 Å². The van der Waals surface area contributed by atoms with Crippen LogP contribution in [0.2, 0.25) is 0 Å². The Kier molecular flexibility index (Phi) is 6.53. The molecule has 4 atom stereocenters. The fraction of sp³-hybridized carbons (Fsp3) is 0.895. The molecule has 2 heterocycles. The maximum absolute atomic E-state index is 12.4. The molecule has 0 unspecified atom stereocenters. The van der Waals surface area contributed by atoms with Crippen molar-refractivity contribution >= 4 is 11.8 Å². The van der Waals surface area contributed by atoms with Crippen molar-refractivity contribution in [1.82, 2.24) is 10.2 Å². The maximum Gasteiger partial charge on any atom is 0.225 e. The van der Waals surface area contributed by atoms with Crippen LogP contribution in [0, 0.1) is 11.8 Å². The molecule has 3 N–H and O–H groups in total. The molecule has 148 valence electrons. The zero-order chi connectivity index (χ0) is 18.7. The van der Waals surface area contributed by atoms with Gasteiger partial charge in [-0.25, -0.2) is 0 Å². The van der Waals surface area contributed by atoms with Crippen molar-refractivity contribution in [3.63, 3.8) is 0 Å². The molecule has 0 aromatic heterocycles. The molecule has 1 aliphatic carbocycles. The van der Waals surface area contributed by atoms with E-state index in [0.29, 0.717) is 5.92 Å². The maximum atomic E-state index is 12.4. The number of aliphatic hydroxyl groups excluding tert-OH is 2. The van der Waals surface area contributed by atoms with Gasteiger partial charge in [-0.05, 0) is 31.6 Å². The molecule has 0 spiro atoms. The van der Waals surface area contributed by atoms with Gasteiger partial charge >= 0.3 is 0 Å². The molecule has 0 bridgehead atoms. The summed E-state index contributed by atoms with van der Waals surface area (Å²) in [6, 6.07) is 0. The Morgan fingerprint density at radius 2 is 1.65 bits per heavy atom. The Labute approximate surface area is 155 Å². The van der Waals surface area contributed by atoms with Gasteiger partial charge in [-0.3, -0.25) is 9.59 Å². The zero-order valence-electron chi connectivity index (χ0n) is 15.6. The number of likely N-dealkylation sites (tertiary alicyclic amines) is 1. The number of hydrogen-bond donors (Lipinski definition) is 3. The third-order valence-electron chi connectivity index (χ3n) is 6.18. The summed E-state index contributed by atoms with van der Waals surface area (Å²) >= 11 is 0. The lowest BCUT2D eigenvalue weighted by Crippen LogP contribution is -2.42. The van der Waals surface area contributed by atoms with Crippen LogP contribution < -0.4 is 5.32 Å². The van der Waals surface area contributed by atoms with E-state index < -0.39 is 24.4 Å². The smallest absolute Gasteiger partial charge is 0.225 e. The summed E-state index contributed by atoms with van der Waals surface area (Å²) < 4.78 is 5.72. The van der Waals surface area contributed by atoms with Crippen molar-refractivity contribution in [2.24, 2.45) is 11.8 Å². The number of aliphatic hydroxyl groups is 2. The predicted molar refractivity (Wildman–Crippen MR) is 95.2 cm³/mol. The molecule has 2 saturated heterocycles. The SMILES string of the molecule is CC1CCN(C(=O)C[C@@H]2O[C@H](CNC(=O)C3CCCC3)[C@@H](O)[C@H]2O)CC1. The van der Waals surface area contributed by atoms with Crippen molar-refractivity contribution in [3.8, 4) is 0 Å². The molecule has 2 aliphatic heterocycles. The molecule has 0 radical (unpaired) electrons. The number of nitrogens with zero attached hydrogens (tertiary/aromatic N) is 1. The van der Waals surface area contributed by atoms with Gasteiger partial charge in [0.05, 0.1) is 12.5 Å². The van der Waals surface area contributed by atoms with Crippen molar-refractivity contribution in [3.05, 3.63) is 0 Å². The minimum atomic E-state index is -1.10. The van der Waals surface area contributed by atoms with Crippen molar-refractivity contribution < 1.29 is 24.5 Å². The summed E-state index contributed by atoms with van der Waals surface area (Å²) in [6.07, 6.45) is 2.48. The number of amides is 2. The highest BCUT2D eigenvalue weighted by Crippen LogP contribution is 2.27. The standard InChI is InChI=1S/C19H32N2O5/c1-12-6-8-21(9-7-12)16(22)10-14-17(23)18(24)15(26-14)11-20-19(25)13-4-2-3-5-13/h12-15,17-18,23-24H,2-11H2,1H3,(H,20,25)/t14-,15+,17-,18+/m0/s1. The summed E-state index contributed by atoms with van der Waals surface area (Å²) in [6.45, 7) is 3.84. The molecule has 26 heavy (non-hydrogen) atoms. The van der Waals surface area contributed by atoms with Crippen LogP contribution in [0.15, 0.2) is 0 Å². The van der Waals surface area contributed by atoms with Crippen LogP contribution in [0.4, 0.5) is 0 Å². The number of carbonyl (C=O) groups is 2. The Balaban J connectivity index is 1.46. The van der Waals surface area contributed by atoms with E-state index in [1.165, 1.54) is 0 Å². The first-order valence-corrected chi connectivity index (χ1v) is 10.0. The van der Waals surface area contributed by atoms with Gasteiger partial charge in [0.2, 0.25) is 11.8 Å². The van der Waals surface area contributed by atoms with E-state index in [2.05, 4.69) is 12.2 Å². The average molecular weight is 368 g/mol. The van der Waals surface area contributed by atoms with E-state index in [4.69, 9.17) is 4.74 Å². The van der Waals surface area contributed by atoms with E-state index in [9.17, 15) is 19.8 Å². The minimum absolute atomic E-state index is 0.00486. The normalized spacial score (nSPS) is 33.6. The minimum Gasteiger partial charge on any atom is -0.388 e. The molecule has 7 nitrogen and oxygen atoms in total. The van der Waals surface area contributed by atoms with Crippen LogP contribution >= 0.6 is 0 Å². The molecule has 7 heteroatoms. The van der Waals surface area contributed by atoms with Gasteiger partial charge in [0.25, 0.3) is 0 Å². The van der Waals surface area contributed by atoms with Crippen LogP contribution in [0.25, 0.3) is 0 Å². The third kappa shape index (κ3) is 4.56. The first-order chi connectivity index (χ1) is 12.5. The molecular formula is C19H32N2O5. The number of nitrogens with one attached hydrogen (secondary N) is 1. The fourth-order valence-corrected chi connectivity index (χ4v) is 4.26. The van der Waals surface area contributed by atoms with Crippen molar-refractivity contribution in [1.29, 1.82) is 0 Å². The van der Waals surface area contributed by atoms with E-state index >= 15 is 0 Å². The highest BCUT2D eigenvalue weighted by atomic mass is 16.5. The molecular weight excluding hydrogens is 336 g/mol. The Morgan fingerprint density at radius 1 is 1.04 bits per heavy atom. The fourth-order valence-electron chi connectivity index (χ4n) is 4.26. The second-order valence-electron chi connectivity index (χ2n) is 8.19. The lowest BCUT2D eigenvalue weighted by molar-refractivity contribution is -0.137. The Morgan fingerprint density at radius 3 is 2.31 bits per heavy atom. The van der Waals surface area contributed by atoms with Gasteiger partial charge in [0.1, 0.15) is 18.3 Å². The Hall–Kier alpha value is -1.18. The first-order valence-electron chi connectivity index (χ1n) is 10.0. The monoisotopic (exact) mass is 368 g/mol. The van der Waals surface area contributed by atoms with E-state index in [0.717, 1.165) is 51.6 Å². The lowest BCUT2D eigenvalue weighted by Gasteiger charge is -2.31. The van der Waals surface area contributed by atoms with E-state index in [1.54, 1.807) is 0 Å². The van der Waals surface area contributed by atoms with E-state index in [-0.39, 0.29) is 30.7 Å². The van der Waals surface area contributed by atoms with Crippen LogP contribution in [0.5, 0.6) is 0 Å². The topological polar surface area (TPSA) is 99.1 Å². The van der Waals surface area contributed by atoms with Gasteiger partial charge in [0, 0.05) is 25.6 Å². The first kappa shape index (κ1) is 19.6. The Bertz CT molecular complexity index is 500. The number of ether oxygens (including phenoxy) is 1. The molecule has 0 aromatic rings. The summed E-state index contributed by atoms with van der Waals surface area (Å²) in [7, 11) is 0. The van der Waals surface area contributed by atoms with Crippen LogP contribution in [-0.2, 0) is 14.3 Å². The number of carbonyl (C=O) groups excluding carboxylic acids is 2. The largest absolute Gasteiger partial charge is 0.388 e. The molecule has 0 aromatic carbocycles. The van der Waals surface area contributed by atoms with Gasteiger partial charge in [-0.2, -0.15) is 0 Å². The molecule has 3 fully saturated rings. The molecule has 3 aliphatic rings. The third-order valence-corrected chi connectivity index (χ3v) is 6.18. The van der Waals surface area contributed by atoms with Gasteiger partial charge in [-0.15, -0.1) is 0 Å². The summed E-state index contributed by atoms with van der Waals surface area (Å²) in [5.74, 6) is 0.651. The number of piperidine rings is 1. The van der Waals surface area contributed by atoms with E-state index in [1.807, 2.05) is 4.90 Å². The van der Waals surface area contributed by atoms with Crippen LogP contribution in [0.3, 0.4) is 0 Å². The van der Waals surface area contributed by atoms with Crippen molar-refractivity contribution in [2.75, 3.05) is 19.6 Å². The highest BCUT2D eigenvalue weighted by molar-refractivity contribution is 5.79. The summed E-state index contributed by atoms with van der Waals surface area (Å²) in [4.78, 5) is 26.4. The number of rotatable bonds is 5. The average Bonchev–Trinajstić information content (AvgIpc) is 3.25. The number of hydrogen-bond acceptors (Lipinski definition) is 5. The quantitative estimate of drug-likeness (QED) is 0.654. The zero-order valence-corrected chi connectivity index (χ0v) is 15.6.